The van der Waals surface area contributed by atoms with E-state index in [1.165, 1.54) is 48.2 Å². The van der Waals surface area contributed by atoms with E-state index in [1.807, 2.05) is 51.5 Å². The van der Waals surface area contributed by atoms with Crippen molar-refractivity contribution in [1.29, 1.82) is 5.26 Å². The Labute approximate surface area is 578 Å². The fraction of sp³-hybridized carbons (Fsp3) is 0.236. The van der Waals surface area contributed by atoms with Crippen molar-refractivity contribution in [2.24, 2.45) is 0 Å². The van der Waals surface area contributed by atoms with Gasteiger partial charge < -0.3 is 10.2 Å². The number of thiol groups is 1. The normalized spacial score (nSPS) is 10.5. The molecule has 0 spiro atoms. The molecule has 0 atom stereocenters. The molecule has 498 valence electrons. The number of benzene rings is 3. The Bertz CT molecular complexity index is 4860. The Morgan fingerprint density at radius 1 is 0.511 bits per heavy atom. The fourth-order valence-corrected chi connectivity index (χ4v) is 11.7. The van der Waals surface area contributed by atoms with Crippen molar-refractivity contribution in [2.75, 3.05) is 5.75 Å². The zero-order valence-electron chi connectivity index (χ0n) is 47.0. The van der Waals surface area contributed by atoms with Crippen LogP contribution >= 0.6 is 118 Å². The Morgan fingerprint density at radius 3 is 1.12 bits per heavy atom. The van der Waals surface area contributed by atoms with Gasteiger partial charge in [-0.3, -0.25) is 48.5 Å². The van der Waals surface area contributed by atoms with Crippen LogP contribution in [0.3, 0.4) is 0 Å². The summed E-state index contributed by atoms with van der Waals surface area (Å²) in [6, 6.07) is 15.1. The van der Waals surface area contributed by atoms with E-state index in [9.17, 15) is 52.7 Å². The molecule has 0 unspecified atom stereocenters. The van der Waals surface area contributed by atoms with Gasteiger partial charge in [-0.25, -0.2) is 34.5 Å². The summed E-state index contributed by atoms with van der Waals surface area (Å²) in [5.41, 5.74) is -5.05. The Morgan fingerprint density at radius 2 is 0.819 bits per heavy atom. The van der Waals surface area contributed by atoms with Crippen LogP contribution in [0.2, 0.25) is 30.1 Å². The summed E-state index contributed by atoms with van der Waals surface area (Å²) in [5, 5.41) is 58.6. The van der Waals surface area contributed by atoms with E-state index >= 15 is 0 Å². The third-order valence-electron chi connectivity index (χ3n) is 11.4. The Balaban J connectivity index is 0.000000349. The van der Waals surface area contributed by atoms with E-state index in [2.05, 4.69) is 63.5 Å². The minimum Gasteiger partial charge on any atom is -0.481 e. The number of nitriles is 1. The molecule has 6 heterocycles. The van der Waals surface area contributed by atoms with Gasteiger partial charge in [-0.05, 0) is 72.4 Å². The second-order valence-electron chi connectivity index (χ2n) is 18.8. The maximum absolute atomic E-state index is 12.1. The van der Waals surface area contributed by atoms with Gasteiger partial charge in [0.1, 0.15) is 27.3 Å². The number of aliphatic carboxylic acids is 1. The van der Waals surface area contributed by atoms with Gasteiger partial charge in [-0.1, -0.05) is 169 Å². The number of carbonyl (C=O) groups is 2. The lowest BCUT2D eigenvalue weighted by molar-refractivity contribution is -0.133. The average Bonchev–Trinajstić information content (AvgIpc) is 0.831. The quantitative estimate of drug-likeness (QED) is 0.0458. The molecule has 0 aliphatic carbocycles. The van der Waals surface area contributed by atoms with Crippen molar-refractivity contribution < 1.29 is 19.8 Å². The van der Waals surface area contributed by atoms with E-state index in [0.717, 1.165) is 39.1 Å². The number of nitrogens with zero attached hydrogens (tertiary/aromatic N) is 10. The van der Waals surface area contributed by atoms with Gasteiger partial charge in [-0.2, -0.15) is 57.4 Å². The van der Waals surface area contributed by atoms with Gasteiger partial charge in [0.05, 0.1) is 67.6 Å². The van der Waals surface area contributed by atoms with E-state index in [0.29, 0.717) is 56.8 Å². The van der Waals surface area contributed by atoms with Crippen molar-refractivity contribution in [3.8, 4) is 23.1 Å². The largest absolute Gasteiger partial charge is 0.481 e. The summed E-state index contributed by atoms with van der Waals surface area (Å²) < 4.78 is 2.47. The summed E-state index contributed by atoms with van der Waals surface area (Å²) in [7, 11) is 0. The fourth-order valence-electron chi connectivity index (χ4n) is 7.16. The molecule has 0 fully saturated rings. The average molecular weight is 1490 g/mol. The highest BCUT2D eigenvalue weighted by atomic mass is 35.5. The Kier molecular flexibility index (Phi) is 30.0. The molecule has 29 nitrogen and oxygen atoms in total. The maximum Gasteiger partial charge on any atom is 0.362 e. The van der Waals surface area contributed by atoms with Crippen LogP contribution in [0.1, 0.15) is 114 Å². The molecular weight excluding hydrogens is 1430 g/mol. The van der Waals surface area contributed by atoms with Crippen LogP contribution in [0.25, 0.3) is 17.1 Å². The van der Waals surface area contributed by atoms with E-state index in [4.69, 9.17) is 85.1 Å². The number of hydrogen-bond acceptors (Lipinski definition) is 22. The SMILES string of the molecule is C.C.C.CC(C)c1cc(Sc2c(Cl)cc(-n3nc(C#N)c(=O)[nH]c3=O)cc2Cl)n[nH]c1=O.CC(C)c1cc(Sc2c(Cl)cc(-n3nc(C(=O)O)c(=O)[nH]c3=O)cc2Cl)n[nH]c1=O.CC(C)c1cc(Sc2c(Cl)cc(-n3ncc(=O)[nH]c3=O)cc2Cl)n[nH]c1=O.O=C(O)CS. The monoisotopic (exact) mass is 1480 g/mol. The maximum atomic E-state index is 12.1. The first-order chi connectivity index (χ1) is 42.8. The van der Waals surface area contributed by atoms with E-state index < -0.39 is 57.1 Å². The number of aromatic carboxylic acids is 1. The summed E-state index contributed by atoms with van der Waals surface area (Å²) in [4.78, 5) is 133. The van der Waals surface area contributed by atoms with Crippen molar-refractivity contribution in [3.63, 3.8) is 0 Å². The lowest BCUT2D eigenvalue weighted by Gasteiger charge is -2.11. The minimum absolute atomic E-state index is 0. The van der Waals surface area contributed by atoms with Gasteiger partial charge in [0.25, 0.3) is 33.4 Å². The van der Waals surface area contributed by atoms with Crippen LogP contribution in [-0.2, 0) is 4.79 Å². The molecule has 8 N–H and O–H groups in total. The molecule has 0 aliphatic rings. The molecule has 3 aromatic carbocycles. The van der Waals surface area contributed by atoms with Crippen LogP contribution in [0.4, 0.5) is 0 Å². The number of aromatic nitrogens is 15. The molecule has 0 aliphatic heterocycles. The number of halogens is 6. The van der Waals surface area contributed by atoms with Gasteiger partial charge in [0, 0.05) is 16.7 Å². The molecule has 9 aromatic rings. The standard InChI is InChI=1S/C17H12Cl2N6O3S.C17H13Cl2N5O5S.C16H13Cl2N5O3S.C2H4O2S.3CH4/c1-7(2)9-5-13(22-23-15(9)26)29-14-10(18)3-8(4-11(14)19)25-17(28)21-16(27)12(6-20)24-25;1-6(2)8-5-11(21-22-14(8)25)30-13-9(18)3-7(4-10(13)19)24-17(29)20-15(26)12(23-24)16(27)28;1-7(2)9-5-13(21-22-15(9)25)27-14-10(17)3-8(4-11(14)18)23-16(26)20-12(24)6-19-23;3-2(4)1-5;;;/h3-5,7H,1-2H3,(H,23,26)(H,21,27,28);3-6H,1-2H3,(H,22,25)(H,27,28)(H,20,26,29);3-7H,1-2H3,(H,22,25)(H,20,24,26);5H,1H2,(H,3,4);3*1H4. The van der Waals surface area contributed by atoms with Crippen LogP contribution < -0.4 is 50.4 Å². The molecule has 6 aromatic heterocycles. The number of hydrogen-bond donors (Lipinski definition) is 9. The number of nitrogens with one attached hydrogen (secondary N) is 6. The second-order valence-corrected chi connectivity index (χ2v) is 24.7. The van der Waals surface area contributed by atoms with Crippen LogP contribution in [0.5, 0.6) is 0 Å². The zero-order valence-corrected chi connectivity index (χ0v) is 54.9. The van der Waals surface area contributed by atoms with Gasteiger partial charge >= 0.3 is 29.0 Å². The van der Waals surface area contributed by atoms with E-state index in [-0.39, 0.29) is 104 Å². The van der Waals surface area contributed by atoms with Crippen LogP contribution in [-0.4, -0.2) is 103 Å². The van der Waals surface area contributed by atoms with Crippen LogP contribution in [0, 0.1) is 11.3 Å². The van der Waals surface area contributed by atoms with Gasteiger partial charge in [0.15, 0.2) is 0 Å². The second kappa shape index (κ2) is 35.3. The molecule has 39 heteroatoms. The van der Waals surface area contributed by atoms with Crippen molar-refractivity contribution in [3.05, 3.63) is 213 Å². The summed E-state index contributed by atoms with van der Waals surface area (Å²) in [6.07, 6.45) is 0.976. The molecule has 0 saturated carbocycles. The first-order valence-electron chi connectivity index (χ1n) is 25.2. The molecule has 0 amide bonds. The predicted octanol–water partition coefficient (Wildman–Crippen LogP) is 9.24. The highest BCUT2D eigenvalue weighted by molar-refractivity contribution is 8.00. The molecule has 0 radical (unpaired) electrons. The zero-order chi connectivity index (χ0) is 67.5. The highest BCUT2D eigenvalue weighted by Crippen LogP contribution is 2.42. The molecule has 0 saturated heterocycles. The number of carboxylic acids is 2. The summed E-state index contributed by atoms with van der Waals surface area (Å²) >= 11 is 44.8. The van der Waals surface area contributed by atoms with E-state index in [1.54, 1.807) is 24.3 Å². The third-order valence-corrected chi connectivity index (χ3v) is 17.3. The summed E-state index contributed by atoms with van der Waals surface area (Å²) in [5.74, 6) is -2.55. The first kappa shape index (κ1) is 79.9. The molecule has 9 rings (SSSR count). The number of H-pyrrole nitrogens is 6. The van der Waals surface area contributed by atoms with Gasteiger partial charge in [0.2, 0.25) is 11.4 Å². The smallest absolute Gasteiger partial charge is 0.362 e. The van der Waals surface area contributed by atoms with Gasteiger partial charge in [-0.15, -0.1) is 5.10 Å². The molecule has 94 heavy (non-hydrogen) atoms. The van der Waals surface area contributed by atoms with Crippen molar-refractivity contribution in [2.45, 2.75) is 111 Å². The predicted molar refractivity (Wildman–Crippen MR) is 364 cm³/mol. The van der Waals surface area contributed by atoms with Crippen molar-refractivity contribution >= 4 is 129 Å². The Hall–Kier alpha value is -8.30. The molecule has 0 bridgehead atoms. The third kappa shape index (κ3) is 20.4. The lowest BCUT2D eigenvalue weighted by atomic mass is 10.1. The summed E-state index contributed by atoms with van der Waals surface area (Å²) in [6.45, 7) is 11.3. The van der Waals surface area contributed by atoms with Crippen LogP contribution in [0.15, 0.2) is 134 Å². The number of aromatic amines is 6. The van der Waals surface area contributed by atoms with Crippen molar-refractivity contribution in [1.82, 2.24) is 74.9 Å². The lowest BCUT2D eigenvalue weighted by Crippen LogP contribution is -2.35. The highest BCUT2D eigenvalue weighted by Gasteiger charge is 2.21. The molecular formula is C55H54Cl6N16O13S4. The number of rotatable bonds is 14. The minimum atomic E-state index is -1.60. The number of carboxylic acid groups (broad SMARTS) is 2. The topological polar surface area (TPSA) is 439 Å². The first-order valence-corrected chi connectivity index (χ1v) is 30.6.